The lowest BCUT2D eigenvalue weighted by atomic mass is 10.1. The summed E-state index contributed by atoms with van der Waals surface area (Å²) < 4.78 is 26.7. The number of pyridine rings is 1. The average Bonchev–Trinajstić information content (AvgIpc) is 2.41. The molecule has 1 fully saturated rings. The Morgan fingerprint density at radius 2 is 2.10 bits per heavy atom. The number of aliphatic hydroxyl groups is 1. The highest BCUT2D eigenvalue weighted by Gasteiger charge is 2.20. The average molecular weight is 315 g/mol. The molecular weight excluding hydrogens is 294 g/mol. The van der Waals surface area contributed by atoms with Gasteiger partial charge in [0, 0.05) is 39.4 Å². The van der Waals surface area contributed by atoms with Crippen LogP contribution in [0.25, 0.3) is 0 Å². The van der Waals surface area contributed by atoms with E-state index in [9.17, 15) is 18.3 Å². The van der Waals surface area contributed by atoms with Crippen LogP contribution in [0.1, 0.15) is 12.8 Å². The third kappa shape index (κ3) is 3.70. The van der Waals surface area contributed by atoms with Crippen LogP contribution in [0.2, 0.25) is 0 Å². The summed E-state index contributed by atoms with van der Waals surface area (Å²) in [6.45, 7) is 1.57. The molecule has 2 rings (SSSR count). The second-order valence-corrected chi connectivity index (χ2v) is 7.63. The highest BCUT2D eigenvalue weighted by molar-refractivity contribution is 7.89. The van der Waals surface area contributed by atoms with E-state index >= 15 is 0 Å². The van der Waals surface area contributed by atoms with Gasteiger partial charge < -0.3 is 9.67 Å². The Kier molecular flexibility index (Phi) is 4.82. The van der Waals surface area contributed by atoms with Crippen molar-refractivity contribution in [1.29, 1.82) is 0 Å². The smallest absolute Gasteiger partial charge is 0.251 e. The first-order valence-electron chi connectivity index (χ1n) is 6.84. The summed E-state index contributed by atoms with van der Waals surface area (Å²) in [6, 6.07) is 2.58. The van der Waals surface area contributed by atoms with Crippen molar-refractivity contribution in [2.75, 3.05) is 27.2 Å². The van der Waals surface area contributed by atoms with Crippen molar-refractivity contribution in [3.05, 3.63) is 28.7 Å². The highest BCUT2D eigenvalue weighted by atomic mass is 32.2. The second kappa shape index (κ2) is 6.27. The quantitative estimate of drug-likeness (QED) is 0.811. The lowest BCUT2D eigenvalue weighted by Crippen LogP contribution is -2.41. The predicted molar refractivity (Wildman–Crippen MR) is 78.4 cm³/mol. The largest absolute Gasteiger partial charge is 0.392 e. The summed E-state index contributed by atoms with van der Waals surface area (Å²) in [5, 5.41) is 9.65. The van der Waals surface area contributed by atoms with E-state index in [1.165, 1.54) is 37.0 Å². The lowest BCUT2D eigenvalue weighted by molar-refractivity contribution is 0.0534. The third-order valence-electron chi connectivity index (χ3n) is 3.57. The van der Waals surface area contributed by atoms with E-state index in [4.69, 9.17) is 0 Å². The van der Waals surface area contributed by atoms with E-state index in [2.05, 4.69) is 0 Å². The molecule has 1 aliphatic rings. The Hall–Kier alpha value is -1.22. The molecule has 1 aromatic heterocycles. The summed E-state index contributed by atoms with van der Waals surface area (Å²) in [5.41, 5.74) is -0.257. The fourth-order valence-corrected chi connectivity index (χ4v) is 3.28. The molecule has 0 unspecified atom stereocenters. The van der Waals surface area contributed by atoms with Crippen LogP contribution in [0.15, 0.2) is 28.0 Å². The molecule has 1 atom stereocenters. The molecule has 8 heteroatoms. The van der Waals surface area contributed by atoms with E-state index in [1.54, 1.807) is 0 Å². The van der Waals surface area contributed by atoms with Gasteiger partial charge in [0.1, 0.15) is 0 Å². The van der Waals surface area contributed by atoms with E-state index in [1.807, 2.05) is 4.90 Å². The number of β-amino-alcohol motifs (C(OH)–C–C–N with tert-alkyl or cyclic N) is 1. The van der Waals surface area contributed by atoms with Crippen LogP contribution in [0.3, 0.4) is 0 Å². The Morgan fingerprint density at radius 3 is 2.71 bits per heavy atom. The monoisotopic (exact) mass is 315 g/mol. The van der Waals surface area contributed by atoms with Crippen LogP contribution >= 0.6 is 0 Å². The molecule has 21 heavy (non-hydrogen) atoms. The number of piperidine rings is 1. The Bertz CT molecular complexity index is 654. The van der Waals surface area contributed by atoms with Gasteiger partial charge in [0.05, 0.1) is 17.7 Å². The first-order chi connectivity index (χ1) is 9.80. The zero-order valence-corrected chi connectivity index (χ0v) is 13.1. The number of nitrogens with zero attached hydrogens (tertiary/aromatic N) is 3. The standard InChI is InChI=1S/C13H21N3O4S/c1-14(2)21(19,20)12-5-6-13(18)16(9-12)10-15-7-3-4-11(17)8-15/h5-6,9,11,17H,3-4,7-8,10H2,1-2H3/t11-/m1/s1. The maximum Gasteiger partial charge on any atom is 0.251 e. The van der Waals surface area contributed by atoms with Gasteiger partial charge in [0.25, 0.3) is 5.56 Å². The van der Waals surface area contributed by atoms with Gasteiger partial charge in [-0.2, -0.15) is 0 Å². The van der Waals surface area contributed by atoms with Gasteiger partial charge in [0.15, 0.2) is 0 Å². The number of rotatable bonds is 4. The maximum absolute atomic E-state index is 12.1. The number of sulfonamides is 1. The highest BCUT2D eigenvalue weighted by Crippen LogP contribution is 2.13. The summed E-state index contributed by atoms with van der Waals surface area (Å²) in [4.78, 5) is 13.9. The van der Waals surface area contributed by atoms with Gasteiger partial charge in [0.2, 0.25) is 10.0 Å². The molecule has 0 radical (unpaired) electrons. The van der Waals surface area contributed by atoms with E-state index in [0.29, 0.717) is 6.54 Å². The van der Waals surface area contributed by atoms with Crippen molar-refractivity contribution in [3.63, 3.8) is 0 Å². The molecule has 2 heterocycles. The minimum absolute atomic E-state index is 0.0876. The topological polar surface area (TPSA) is 82.9 Å². The van der Waals surface area contributed by atoms with Gasteiger partial charge in [-0.05, 0) is 18.9 Å². The molecule has 1 aliphatic heterocycles. The van der Waals surface area contributed by atoms with Crippen LogP contribution in [0.5, 0.6) is 0 Å². The molecule has 0 bridgehead atoms. The van der Waals surface area contributed by atoms with Crippen molar-refractivity contribution in [1.82, 2.24) is 13.8 Å². The summed E-state index contributed by atoms with van der Waals surface area (Å²) in [5.74, 6) is 0. The Morgan fingerprint density at radius 1 is 1.38 bits per heavy atom. The number of aromatic nitrogens is 1. The Balaban J connectivity index is 2.26. The van der Waals surface area contributed by atoms with E-state index < -0.39 is 10.0 Å². The first-order valence-corrected chi connectivity index (χ1v) is 8.28. The SMILES string of the molecule is CN(C)S(=O)(=O)c1ccc(=O)n(CN2CCC[C@@H](O)C2)c1. The molecule has 7 nitrogen and oxygen atoms in total. The Labute approximate surface area is 124 Å². The van der Waals surface area contributed by atoms with Gasteiger partial charge in [-0.3, -0.25) is 9.69 Å². The molecular formula is C13H21N3O4S. The van der Waals surface area contributed by atoms with E-state index in [0.717, 1.165) is 23.7 Å². The van der Waals surface area contributed by atoms with Crippen molar-refractivity contribution >= 4 is 10.0 Å². The second-order valence-electron chi connectivity index (χ2n) is 5.47. The molecule has 0 saturated carbocycles. The van der Waals surface area contributed by atoms with Crippen molar-refractivity contribution in [2.45, 2.75) is 30.5 Å². The van der Waals surface area contributed by atoms with Gasteiger partial charge in [-0.1, -0.05) is 0 Å². The number of hydrogen-bond donors (Lipinski definition) is 1. The molecule has 0 aliphatic carbocycles. The molecule has 1 aromatic rings. The van der Waals surface area contributed by atoms with Crippen LogP contribution in [0, 0.1) is 0 Å². The fourth-order valence-electron chi connectivity index (χ4n) is 2.36. The zero-order valence-electron chi connectivity index (χ0n) is 12.3. The van der Waals surface area contributed by atoms with Crippen LogP contribution < -0.4 is 5.56 Å². The summed E-state index contributed by atoms with van der Waals surface area (Å²) in [6.07, 6.45) is 2.60. The normalized spacial score (nSPS) is 20.9. The maximum atomic E-state index is 12.1. The predicted octanol–water partition coefficient (Wildman–Crippen LogP) is -0.487. The van der Waals surface area contributed by atoms with Crippen molar-refractivity contribution in [2.24, 2.45) is 0 Å². The summed E-state index contributed by atoms with van der Waals surface area (Å²) in [7, 11) is -0.662. The molecule has 0 spiro atoms. The molecule has 1 N–H and O–H groups in total. The van der Waals surface area contributed by atoms with Gasteiger partial charge >= 0.3 is 0 Å². The molecule has 118 valence electrons. The fraction of sp³-hybridized carbons (Fsp3) is 0.615. The molecule has 0 aromatic carbocycles. The van der Waals surface area contributed by atoms with Gasteiger partial charge in [-0.25, -0.2) is 12.7 Å². The summed E-state index contributed by atoms with van der Waals surface area (Å²) >= 11 is 0. The number of likely N-dealkylation sites (tertiary alicyclic amines) is 1. The molecule has 1 saturated heterocycles. The van der Waals surface area contributed by atoms with Crippen molar-refractivity contribution in [3.8, 4) is 0 Å². The zero-order chi connectivity index (χ0) is 15.6. The lowest BCUT2D eigenvalue weighted by Gasteiger charge is -2.30. The third-order valence-corrected chi connectivity index (χ3v) is 5.37. The number of hydrogen-bond acceptors (Lipinski definition) is 5. The molecule has 0 amide bonds. The van der Waals surface area contributed by atoms with Crippen LogP contribution in [-0.4, -0.2) is 60.6 Å². The minimum Gasteiger partial charge on any atom is -0.392 e. The van der Waals surface area contributed by atoms with Crippen molar-refractivity contribution < 1.29 is 13.5 Å². The van der Waals surface area contributed by atoms with Gasteiger partial charge in [-0.15, -0.1) is 0 Å². The minimum atomic E-state index is -3.56. The van der Waals surface area contributed by atoms with Crippen LogP contribution in [-0.2, 0) is 16.7 Å². The number of aliphatic hydroxyl groups excluding tert-OH is 1. The van der Waals surface area contributed by atoms with Crippen LogP contribution in [0.4, 0.5) is 0 Å². The first kappa shape index (κ1) is 16.2. The van der Waals surface area contributed by atoms with E-state index in [-0.39, 0.29) is 23.2 Å².